The highest BCUT2D eigenvalue weighted by atomic mass is 32.1. The van der Waals surface area contributed by atoms with Crippen molar-refractivity contribution < 1.29 is 0 Å². The van der Waals surface area contributed by atoms with Crippen molar-refractivity contribution in [2.75, 3.05) is 26.2 Å². The van der Waals surface area contributed by atoms with Crippen LogP contribution >= 0.6 is 11.3 Å². The molecule has 0 bridgehead atoms. The first-order valence-electron chi connectivity index (χ1n) is 6.70. The van der Waals surface area contributed by atoms with Gasteiger partial charge in [-0.2, -0.15) is 11.3 Å². The maximum absolute atomic E-state index is 3.69. The summed E-state index contributed by atoms with van der Waals surface area (Å²) >= 11 is 1.80. The first-order valence-corrected chi connectivity index (χ1v) is 7.64. The molecule has 0 spiro atoms. The van der Waals surface area contributed by atoms with Crippen LogP contribution in [-0.2, 0) is 6.42 Å². The number of rotatable bonds is 4. The molecule has 0 aromatic carbocycles. The first-order chi connectivity index (χ1) is 8.22. The topological polar surface area (TPSA) is 15.3 Å². The molecule has 1 unspecified atom stereocenters. The van der Waals surface area contributed by atoms with Gasteiger partial charge in [0.1, 0.15) is 0 Å². The Balaban J connectivity index is 1.86. The molecule has 1 saturated heterocycles. The van der Waals surface area contributed by atoms with Crippen LogP contribution in [0.5, 0.6) is 0 Å². The van der Waals surface area contributed by atoms with Gasteiger partial charge in [-0.15, -0.1) is 0 Å². The van der Waals surface area contributed by atoms with Gasteiger partial charge in [0.05, 0.1) is 0 Å². The molecule has 1 fully saturated rings. The second-order valence-electron chi connectivity index (χ2n) is 5.35. The van der Waals surface area contributed by atoms with Crippen LogP contribution in [0.1, 0.15) is 32.3 Å². The predicted molar refractivity (Wildman–Crippen MR) is 75.8 cm³/mol. The van der Waals surface area contributed by atoms with Crippen molar-refractivity contribution in [2.24, 2.45) is 0 Å². The number of nitrogens with one attached hydrogen (secondary N) is 1. The predicted octanol–water partition coefficient (Wildman–Crippen LogP) is 2.75. The van der Waals surface area contributed by atoms with Crippen molar-refractivity contribution in [3.05, 3.63) is 22.4 Å². The van der Waals surface area contributed by atoms with Crippen LogP contribution in [0.2, 0.25) is 0 Å². The Morgan fingerprint density at radius 2 is 2.41 bits per heavy atom. The van der Waals surface area contributed by atoms with E-state index in [1.807, 2.05) is 0 Å². The van der Waals surface area contributed by atoms with E-state index >= 15 is 0 Å². The maximum Gasteiger partial charge on any atom is 0.0277 e. The van der Waals surface area contributed by atoms with Crippen molar-refractivity contribution >= 4 is 11.3 Å². The fourth-order valence-electron chi connectivity index (χ4n) is 2.47. The maximum atomic E-state index is 3.69. The molecule has 1 aromatic rings. The lowest BCUT2D eigenvalue weighted by Gasteiger charge is -2.32. The SMILES string of the molecule is CCC1(C)CN(CCc2ccsc2)CCCN1. The Labute approximate surface area is 109 Å². The Morgan fingerprint density at radius 1 is 1.53 bits per heavy atom. The van der Waals surface area contributed by atoms with Crippen LogP contribution in [0.3, 0.4) is 0 Å². The second kappa shape index (κ2) is 5.98. The second-order valence-corrected chi connectivity index (χ2v) is 6.13. The van der Waals surface area contributed by atoms with Gasteiger partial charge in [0, 0.05) is 18.6 Å². The van der Waals surface area contributed by atoms with E-state index in [0.29, 0.717) is 5.54 Å². The Bertz CT molecular complexity index is 323. The molecule has 0 amide bonds. The van der Waals surface area contributed by atoms with E-state index in [1.165, 1.54) is 51.0 Å². The number of hydrogen-bond acceptors (Lipinski definition) is 3. The van der Waals surface area contributed by atoms with Crippen LogP contribution in [0.15, 0.2) is 16.8 Å². The summed E-state index contributed by atoms with van der Waals surface area (Å²) in [7, 11) is 0. The summed E-state index contributed by atoms with van der Waals surface area (Å²) in [6, 6.07) is 2.25. The zero-order valence-corrected chi connectivity index (χ0v) is 11.9. The lowest BCUT2D eigenvalue weighted by Crippen LogP contribution is -2.48. The molecule has 0 aliphatic carbocycles. The zero-order chi connectivity index (χ0) is 12.1. The third-order valence-corrected chi connectivity index (χ3v) is 4.58. The Morgan fingerprint density at radius 3 is 3.12 bits per heavy atom. The smallest absolute Gasteiger partial charge is 0.0277 e. The Hall–Kier alpha value is -0.380. The van der Waals surface area contributed by atoms with E-state index in [2.05, 4.69) is 40.9 Å². The summed E-state index contributed by atoms with van der Waals surface area (Å²) in [5.74, 6) is 0. The molecule has 2 heterocycles. The summed E-state index contributed by atoms with van der Waals surface area (Å²) in [4.78, 5) is 2.63. The van der Waals surface area contributed by atoms with Crippen molar-refractivity contribution in [3.63, 3.8) is 0 Å². The molecule has 96 valence electrons. The minimum absolute atomic E-state index is 0.311. The largest absolute Gasteiger partial charge is 0.310 e. The fourth-order valence-corrected chi connectivity index (χ4v) is 3.17. The highest BCUT2D eigenvalue weighted by Gasteiger charge is 2.26. The molecule has 1 aliphatic rings. The average molecular weight is 252 g/mol. The molecule has 2 nitrogen and oxygen atoms in total. The summed E-state index contributed by atoms with van der Waals surface area (Å²) in [6.45, 7) is 9.44. The molecule has 1 aromatic heterocycles. The van der Waals surface area contributed by atoms with E-state index in [1.54, 1.807) is 11.3 Å². The van der Waals surface area contributed by atoms with Gasteiger partial charge < -0.3 is 10.2 Å². The van der Waals surface area contributed by atoms with E-state index in [0.717, 1.165) is 0 Å². The average Bonchev–Trinajstić information content (AvgIpc) is 2.77. The fraction of sp³-hybridized carbons (Fsp3) is 0.714. The highest BCUT2D eigenvalue weighted by molar-refractivity contribution is 7.07. The molecule has 3 heteroatoms. The molecule has 2 rings (SSSR count). The van der Waals surface area contributed by atoms with E-state index in [4.69, 9.17) is 0 Å². The molecule has 17 heavy (non-hydrogen) atoms. The van der Waals surface area contributed by atoms with Crippen molar-refractivity contribution in [1.82, 2.24) is 10.2 Å². The van der Waals surface area contributed by atoms with Crippen molar-refractivity contribution in [2.45, 2.75) is 38.6 Å². The van der Waals surface area contributed by atoms with Gasteiger partial charge in [0.15, 0.2) is 0 Å². The normalized spacial score (nSPS) is 26.9. The van der Waals surface area contributed by atoms with Crippen LogP contribution in [0.4, 0.5) is 0 Å². The van der Waals surface area contributed by atoms with Crippen molar-refractivity contribution in [1.29, 1.82) is 0 Å². The van der Waals surface area contributed by atoms with Gasteiger partial charge in [0.2, 0.25) is 0 Å². The number of nitrogens with zero attached hydrogens (tertiary/aromatic N) is 1. The first kappa shape index (κ1) is 13.1. The summed E-state index contributed by atoms with van der Waals surface area (Å²) in [6.07, 6.45) is 3.68. The van der Waals surface area contributed by atoms with Crippen molar-refractivity contribution in [3.8, 4) is 0 Å². The lowest BCUT2D eigenvalue weighted by molar-refractivity contribution is 0.217. The summed E-state index contributed by atoms with van der Waals surface area (Å²) < 4.78 is 0. The molecular weight excluding hydrogens is 228 g/mol. The van der Waals surface area contributed by atoms with E-state index in [9.17, 15) is 0 Å². The van der Waals surface area contributed by atoms with Gasteiger partial charge in [-0.1, -0.05) is 6.92 Å². The minimum atomic E-state index is 0.311. The lowest BCUT2D eigenvalue weighted by atomic mass is 9.98. The van der Waals surface area contributed by atoms with E-state index in [-0.39, 0.29) is 0 Å². The summed E-state index contributed by atoms with van der Waals surface area (Å²) in [5.41, 5.74) is 1.80. The molecular formula is C14H24N2S. The van der Waals surface area contributed by atoms with Gasteiger partial charge in [-0.3, -0.25) is 0 Å². The van der Waals surface area contributed by atoms with Gasteiger partial charge in [-0.05, 0) is 61.7 Å². The van der Waals surface area contributed by atoms with Crippen LogP contribution in [0, 0.1) is 0 Å². The van der Waals surface area contributed by atoms with Crippen LogP contribution < -0.4 is 5.32 Å². The van der Waals surface area contributed by atoms with E-state index < -0.39 is 0 Å². The molecule has 0 saturated carbocycles. The number of hydrogen-bond donors (Lipinski definition) is 1. The summed E-state index contributed by atoms with van der Waals surface area (Å²) in [5, 5.41) is 8.14. The van der Waals surface area contributed by atoms with Gasteiger partial charge in [0.25, 0.3) is 0 Å². The molecule has 1 atom stereocenters. The third-order valence-electron chi connectivity index (χ3n) is 3.85. The van der Waals surface area contributed by atoms with Gasteiger partial charge in [-0.25, -0.2) is 0 Å². The highest BCUT2D eigenvalue weighted by Crippen LogP contribution is 2.16. The third kappa shape index (κ3) is 3.80. The quantitative estimate of drug-likeness (QED) is 0.886. The monoisotopic (exact) mass is 252 g/mol. The standard InChI is InChI=1S/C14H24N2S/c1-3-14(2)12-16(8-4-7-15-14)9-5-13-6-10-17-11-13/h6,10-11,15H,3-5,7-9,12H2,1-2H3. The Kier molecular flexibility index (Phi) is 4.60. The molecule has 1 aliphatic heterocycles. The van der Waals surface area contributed by atoms with Gasteiger partial charge >= 0.3 is 0 Å². The molecule has 0 radical (unpaired) electrons. The zero-order valence-electron chi connectivity index (χ0n) is 11.0. The van der Waals surface area contributed by atoms with Crippen LogP contribution in [-0.4, -0.2) is 36.6 Å². The van der Waals surface area contributed by atoms with Crippen LogP contribution in [0.25, 0.3) is 0 Å². The number of thiophene rings is 1. The minimum Gasteiger partial charge on any atom is -0.310 e. The molecule has 1 N–H and O–H groups in total.